The minimum atomic E-state index is -3.91. The molecule has 0 saturated carbocycles. The first-order valence-corrected chi connectivity index (χ1v) is 5.27. The fourth-order valence-electron chi connectivity index (χ4n) is 0.511. The summed E-state index contributed by atoms with van der Waals surface area (Å²) in [4.78, 5) is 0. The molecule has 4 nitrogen and oxygen atoms in total. The van der Waals surface area contributed by atoms with Gasteiger partial charge in [0.25, 0.3) is 10.1 Å². The predicted molar refractivity (Wildman–Crippen MR) is 45.5 cm³/mol. The quantitative estimate of drug-likeness (QED) is 0.439. The monoisotopic (exact) mass is 200 g/mol. The normalized spacial score (nSPS) is 17.8. The van der Waals surface area contributed by atoms with Crippen molar-refractivity contribution in [2.75, 3.05) is 5.75 Å². The van der Waals surface area contributed by atoms with Crippen molar-refractivity contribution in [3.8, 4) is 0 Å². The van der Waals surface area contributed by atoms with Gasteiger partial charge in [-0.2, -0.15) is 21.0 Å². The zero-order valence-electron chi connectivity index (χ0n) is 6.14. The summed E-state index contributed by atoms with van der Waals surface area (Å²) in [5.74, 6) is -0.355. The molecule has 0 radical (unpaired) electrons. The van der Waals surface area contributed by atoms with Crippen LogP contribution in [-0.2, 0) is 10.1 Å². The van der Waals surface area contributed by atoms with Gasteiger partial charge in [-0.05, 0) is 13.3 Å². The molecule has 2 unspecified atom stereocenters. The SMILES string of the molecule is CC(O)C(S)CCS(=O)(=O)O. The minimum absolute atomic E-state index is 0.152. The Morgan fingerprint density at radius 3 is 2.27 bits per heavy atom. The van der Waals surface area contributed by atoms with E-state index in [4.69, 9.17) is 9.66 Å². The van der Waals surface area contributed by atoms with Crippen LogP contribution in [0.1, 0.15) is 13.3 Å². The summed E-state index contributed by atoms with van der Waals surface area (Å²) in [6.07, 6.45) is -0.514. The highest BCUT2D eigenvalue weighted by molar-refractivity contribution is 7.85. The molecule has 0 fully saturated rings. The standard InChI is InChI=1S/C5H12O4S2/c1-4(6)5(10)2-3-11(7,8)9/h4-6,10H,2-3H2,1H3,(H,7,8,9). The highest BCUT2D eigenvalue weighted by atomic mass is 32.2. The maximum Gasteiger partial charge on any atom is 0.264 e. The van der Waals surface area contributed by atoms with Crippen molar-refractivity contribution in [3.05, 3.63) is 0 Å². The maximum absolute atomic E-state index is 10.2. The van der Waals surface area contributed by atoms with Crippen molar-refractivity contribution in [3.63, 3.8) is 0 Å². The molecule has 11 heavy (non-hydrogen) atoms. The van der Waals surface area contributed by atoms with Gasteiger partial charge in [-0.25, -0.2) is 0 Å². The minimum Gasteiger partial charge on any atom is -0.392 e. The van der Waals surface area contributed by atoms with E-state index in [0.29, 0.717) is 0 Å². The van der Waals surface area contributed by atoms with Crippen molar-refractivity contribution in [2.45, 2.75) is 24.7 Å². The van der Waals surface area contributed by atoms with Crippen LogP contribution in [0.3, 0.4) is 0 Å². The van der Waals surface area contributed by atoms with Crippen LogP contribution in [0.25, 0.3) is 0 Å². The summed E-state index contributed by atoms with van der Waals surface area (Å²) in [6.45, 7) is 1.52. The molecule has 0 aromatic rings. The van der Waals surface area contributed by atoms with Gasteiger partial charge in [-0.15, -0.1) is 0 Å². The predicted octanol–water partition coefficient (Wildman–Crippen LogP) is -0.0565. The van der Waals surface area contributed by atoms with E-state index in [-0.39, 0.29) is 12.2 Å². The fraction of sp³-hybridized carbons (Fsp3) is 1.00. The van der Waals surface area contributed by atoms with E-state index in [0.717, 1.165) is 0 Å². The van der Waals surface area contributed by atoms with Gasteiger partial charge >= 0.3 is 0 Å². The molecule has 0 rings (SSSR count). The lowest BCUT2D eigenvalue weighted by Gasteiger charge is -2.11. The molecule has 0 amide bonds. The molecule has 2 atom stereocenters. The zero-order valence-corrected chi connectivity index (χ0v) is 7.85. The molecule has 0 aromatic carbocycles. The third-order valence-electron chi connectivity index (χ3n) is 1.23. The molecule has 0 bridgehead atoms. The Labute approximate surface area is 71.8 Å². The highest BCUT2D eigenvalue weighted by Gasteiger charge is 2.13. The van der Waals surface area contributed by atoms with E-state index in [1.807, 2.05) is 0 Å². The summed E-state index contributed by atoms with van der Waals surface area (Å²) in [5.41, 5.74) is 0. The largest absolute Gasteiger partial charge is 0.392 e. The summed E-state index contributed by atoms with van der Waals surface area (Å²) < 4.78 is 28.7. The molecular weight excluding hydrogens is 188 g/mol. The molecule has 2 N–H and O–H groups in total. The molecule has 0 aliphatic carbocycles. The number of thiol groups is 1. The van der Waals surface area contributed by atoms with Gasteiger partial charge in [0.15, 0.2) is 0 Å². The average molecular weight is 200 g/mol. The first-order valence-electron chi connectivity index (χ1n) is 3.14. The van der Waals surface area contributed by atoms with Gasteiger partial charge in [0.2, 0.25) is 0 Å². The van der Waals surface area contributed by atoms with Crippen LogP contribution in [0.2, 0.25) is 0 Å². The van der Waals surface area contributed by atoms with Crippen molar-refractivity contribution in [1.29, 1.82) is 0 Å². The number of aliphatic hydroxyl groups excluding tert-OH is 1. The van der Waals surface area contributed by atoms with Crippen LogP contribution in [0.15, 0.2) is 0 Å². The molecule has 68 valence electrons. The van der Waals surface area contributed by atoms with E-state index in [1.165, 1.54) is 6.92 Å². The van der Waals surface area contributed by atoms with Crippen molar-refractivity contribution >= 4 is 22.7 Å². The summed E-state index contributed by atoms with van der Waals surface area (Å²) in [5, 5.41) is 8.46. The number of aliphatic hydroxyl groups is 1. The third kappa shape index (κ3) is 6.61. The fourth-order valence-corrected chi connectivity index (χ4v) is 1.37. The molecule has 0 aliphatic heterocycles. The first-order chi connectivity index (χ1) is 4.83. The van der Waals surface area contributed by atoms with E-state index < -0.39 is 21.5 Å². The van der Waals surface area contributed by atoms with Crippen molar-refractivity contribution < 1.29 is 18.1 Å². The molecule has 0 saturated heterocycles. The van der Waals surface area contributed by atoms with Gasteiger partial charge in [0.05, 0.1) is 11.9 Å². The lowest BCUT2D eigenvalue weighted by molar-refractivity contribution is 0.190. The van der Waals surface area contributed by atoms with Gasteiger partial charge in [0.1, 0.15) is 0 Å². The van der Waals surface area contributed by atoms with Gasteiger partial charge in [-0.3, -0.25) is 4.55 Å². The molecule has 0 heterocycles. The summed E-state index contributed by atoms with van der Waals surface area (Å²) >= 11 is 3.91. The van der Waals surface area contributed by atoms with Gasteiger partial charge in [0, 0.05) is 5.25 Å². The Kier molecular flexibility index (Phi) is 4.38. The number of hydrogen-bond acceptors (Lipinski definition) is 4. The summed E-state index contributed by atoms with van der Waals surface area (Å²) in [6, 6.07) is 0. The van der Waals surface area contributed by atoms with E-state index in [1.54, 1.807) is 0 Å². The van der Waals surface area contributed by atoms with Crippen molar-refractivity contribution in [2.24, 2.45) is 0 Å². The Balaban J connectivity index is 3.72. The van der Waals surface area contributed by atoms with Crippen LogP contribution < -0.4 is 0 Å². The zero-order chi connectivity index (χ0) is 9.07. The molecular formula is C5H12O4S2. The van der Waals surface area contributed by atoms with Crippen LogP contribution in [0.4, 0.5) is 0 Å². The first kappa shape index (κ1) is 11.2. The highest BCUT2D eigenvalue weighted by Crippen LogP contribution is 2.07. The molecule has 0 aliphatic rings. The lowest BCUT2D eigenvalue weighted by atomic mass is 10.2. The third-order valence-corrected chi connectivity index (χ3v) is 2.67. The second kappa shape index (κ2) is 4.30. The van der Waals surface area contributed by atoms with Gasteiger partial charge < -0.3 is 5.11 Å². The second-order valence-corrected chi connectivity index (χ2v) is 4.62. The van der Waals surface area contributed by atoms with Crippen molar-refractivity contribution in [1.82, 2.24) is 0 Å². The topological polar surface area (TPSA) is 74.6 Å². The Hall–Kier alpha value is 0.220. The van der Waals surface area contributed by atoms with Crippen LogP contribution in [0.5, 0.6) is 0 Å². The van der Waals surface area contributed by atoms with Gasteiger partial charge in [-0.1, -0.05) is 0 Å². The number of hydrogen-bond donors (Lipinski definition) is 3. The Morgan fingerprint density at radius 2 is 2.00 bits per heavy atom. The average Bonchev–Trinajstić information content (AvgIpc) is 1.80. The van der Waals surface area contributed by atoms with E-state index >= 15 is 0 Å². The molecule has 6 heteroatoms. The smallest absolute Gasteiger partial charge is 0.264 e. The molecule has 0 spiro atoms. The second-order valence-electron chi connectivity index (χ2n) is 2.38. The Morgan fingerprint density at radius 1 is 1.55 bits per heavy atom. The number of rotatable bonds is 4. The van der Waals surface area contributed by atoms with Crippen LogP contribution >= 0.6 is 12.6 Å². The van der Waals surface area contributed by atoms with E-state index in [9.17, 15) is 8.42 Å². The summed E-state index contributed by atoms with van der Waals surface area (Å²) in [7, 11) is -3.91. The lowest BCUT2D eigenvalue weighted by Crippen LogP contribution is -2.20. The Bertz CT molecular complexity index is 197. The van der Waals surface area contributed by atoms with Crippen LogP contribution in [-0.4, -0.2) is 35.2 Å². The maximum atomic E-state index is 10.2. The van der Waals surface area contributed by atoms with Crippen LogP contribution in [0, 0.1) is 0 Å². The van der Waals surface area contributed by atoms with E-state index in [2.05, 4.69) is 12.6 Å². The molecule has 0 aromatic heterocycles.